The molecular formula is C19H30N4O2S. The maximum absolute atomic E-state index is 11.6. The van der Waals surface area contributed by atoms with Gasteiger partial charge in [0.1, 0.15) is 0 Å². The lowest BCUT2D eigenvalue weighted by Crippen LogP contribution is -2.44. The number of nitrogens with zero attached hydrogens (tertiary/aromatic N) is 2. The van der Waals surface area contributed by atoms with Crippen molar-refractivity contribution in [1.82, 2.24) is 10.6 Å². The molecule has 0 saturated carbocycles. The van der Waals surface area contributed by atoms with Gasteiger partial charge >= 0.3 is 0 Å². The Bertz CT molecular complexity index is 730. The van der Waals surface area contributed by atoms with E-state index >= 15 is 0 Å². The van der Waals surface area contributed by atoms with Crippen molar-refractivity contribution in [3.63, 3.8) is 0 Å². The van der Waals surface area contributed by atoms with Crippen LogP contribution < -0.4 is 15.5 Å². The Hall–Kier alpha value is -1.76. The summed E-state index contributed by atoms with van der Waals surface area (Å²) < 4.78 is 23.2. The average Bonchev–Trinajstić information content (AvgIpc) is 3.20. The van der Waals surface area contributed by atoms with Gasteiger partial charge in [-0.2, -0.15) is 0 Å². The van der Waals surface area contributed by atoms with Gasteiger partial charge in [0.2, 0.25) is 0 Å². The second-order valence-electron chi connectivity index (χ2n) is 7.40. The zero-order valence-electron chi connectivity index (χ0n) is 15.7. The van der Waals surface area contributed by atoms with Crippen LogP contribution in [0.5, 0.6) is 0 Å². The van der Waals surface area contributed by atoms with E-state index in [4.69, 9.17) is 0 Å². The van der Waals surface area contributed by atoms with E-state index in [0.717, 1.165) is 38.4 Å². The maximum atomic E-state index is 11.6. The number of hydrogen-bond donors (Lipinski definition) is 2. The molecule has 0 bridgehead atoms. The van der Waals surface area contributed by atoms with Crippen LogP contribution in [0.25, 0.3) is 0 Å². The molecule has 6 nitrogen and oxygen atoms in total. The third kappa shape index (κ3) is 5.13. The molecule has 2 saturated heterocycles. The van der Waals surface area contributed by atoms with Crippen molar-refractivity contribution in [3.8, 4) is 0 Å². The molecule has 0 aromatic heterocycles. The van der Waals surface area contributed by atoms with Crippen LogP contribution >= 0.6 is 0 Å². The molecule has 2 aliphatic rings. The summed E-state index contributed by atoms with van der Waals surface area (Å²) in [6.07, 6.45) is 1.80. The first kappa shape index (κ1) is 19.0. The summed E-state index contributed by atoms with van der Waals surface area (Å²) in [5.41, 5.74) is 2.54. The van der Waals surface area contributed by atoms with Gasteiger partial charge in [0.25, 0.3) is 0 Å². The first-order valence-electron chi connectivity index (χ1n) is 9.52. The normalized spacial score (nSPS) is 25.5. The topological polar surface area (TPSA) is 73.8 Å². The van der Waals surface area contributed by atoms with Crippen molar-refractivity contribution in [3.05, 3.63) is 29.8 Å². The molecule has 2 atom stereocenters. The minimum absolute atomic E-state index is 0.156. The quantitative estimate of drug-likeness (QED) is 0.601. The number of guanidine groups is 1. The zero-order valence-corrected chi connectivity index (χ0v) is 16.6. The Labute approximate surface area is 157 Å². The van der Waals surface area contributed by atoms with Crippen molar-refractivity contribution >= 4 is 21.5 Å². The van der Waals surface area contributed by atoms with Crippen molar-refractivity contribution in [2.75, 3.05) is 42.6 Å². The summed E-state index contributed by atoms with van der Waals surface area (Å²) in [6, 6.07) is 9.00. The molecule has 0 spiro atoms. The number of aliphatic imine (C=N–C) groups is 1. The number of aryl methyl sites for hydroxylation is 1. The van der Waals surface area contributed by atoms with E-state index in [-0.39, 0.29) is 11.7 Å². The van der Waals surface area contributed by atoms with Crippen molar-refractivity contribution in [2.45, 2.75) is 32.7 Å². The summed E-state index contributed by atoms with van der Waals surface area (Å²) in [5.74, 6) is 1.54. The van der Waals surface area contributed by atoms with Crippen LogP contribution in [0.1, 0.15) is 25.3 Å². The van der Waals surface area contributed by atoms with Crippen LogP contribution in [-0.4, -0.2) is 58.1 Å². The molecule has 2 N–H and O–H groups in total. The molecule has 3 rings (SSSR count). The largest absolute Gasteiger partial charge is 0.369 e. The average molecular weight is 379 g/mol. The third-order valence-electron chi connectivity index (χ3n) is 5.11. The van der Waals surface area contributed by atoms with E-state index in [0.29, 0.717) is 18.3 Å². The van der Waals surface area contributed by atoms with Gasteiger partial charge in [0.05, 0.1) is 11.5 Å². The molecule has 2 fully saturated rings. The van der Waals surface area contributed by atoms with E-state index in [1.54, 1.807) is 0 Å². The molecule has 2 heterocycles. The Morgan fingerprint density at radius 2 is 2.04 bits per heavy atom. The smallest absolute Gasteiger partial charge is 0.191 e. The van der Waals surface area contributed by atoms with E-state index in [9.17, 15) is 8.42 Å². The number of rotatable bonds is 5. The minimum Gasteiger partial charge on any atom is -0.369 e. The first-order valence-corrected chi connectivity index (χ1v) is 11.3. The first-order chi connectivity index (χ1) is 12.4. The lowest BCUT2D eigenvalue weighted by atomic mass is 10.1. The lowest BCUT2D eigenvalue weighted by Gasteiger charge is -2.20. The van der Waals surface area contributed by atoms with Gasteiger partial charge in [-0.25, -0.2) is 8.42 Å². The highest BCUT2D eigenvalue weighted by molar-refractivity contribution is 7.91. The molecule has 2 unspecified atom stereocenters. The number of nitrogens with one attached hydrogen (secondary N) is 2. The molecule has 2 aliphatic heterocycles. The minimum atomic E-state index is -2.84. The Morgan fingerprint density at radius 1 is 1.27 bits per heavy atom. The van der Waals surface area contributed by atoms with Crippen LogP contribution in [-0.2, 0) is 9.84 Å². The summed E-state index contributed by atoms with van der Waals surface area (Å²) in [4.78, 5) is 7.04. The number of sulfone groups is 1. The molecule has 1 aromatic carbocycles. The van der Waals surface area contributed by atoms with Crippen LogP contribution in [0, 0.1) is 12.8 Å². The van der Waals surface area contributed by atoms with Gasteiger partial charge in [-0.15, -0.1) is 0 Å². The van der Waals surface area contributed by atoms with Crippen molar-refractivity contribution in [1.29, 1.82) is 0 Å². The molecule has 7 heteroatoms. The maximum Gasteiger partial charge on any atom is 0.191 e. The molecule has 0 aliphatic carbocycles. The molecule has 0 radical (unpaired) electrons. The predicted molar refractivity (Wildman–Crippen MR) is 108 cm³/mol. The second kappa shape index (κ2) is 8.29. The zero-order chi connectivity index (χ0) is 18.6. The van der Waals surface area contributed by atoms with Gasteiger partial charge in [-0.1, -0.05) is 17.7 Å². The Morgan fingerprint density at radius 3 is 2.69 bits per heavy atom. The van der Waals surface area contributed by atoms with E-state index in [1.807, 2.05) is 6.92 Å². The van der Waals surface area contributed by atoms with Gasteiger partial charge < -0.3 is 15.5 Å². The van der Waals surface area contributed by atoms with Crippen LogP contribution in [0.15, 0.2) is 29.3 Å². The summed E-state index contributed by atoms with van der Waals surface area (Å²) in [6.45, 7) is 7.50. The SMILES string of the molecule is CCNC(=NCC1CCS(=O)(=O)C1)NC1CCN(c2ccc(C)cc2)C1. The number of anilines is 1. The molecule has 0 amide bonds. The van der Waals surface area contributed by atoms with Gasteiger partial charge in [0, 0.05) is 37.9 Å². The number of benzene rings is 1. The van der Waals surface area contributed by atoms with E-state index in [1.165, 1.54) is 11.3 Å². The molecular weight excluding hydrogens is 348 g/mol. The fourth-order valence-electron chi connectivity index (χ4n) is 3.62. The lowest BCUT2D eigenvalue weighted by molar-refractivity contribution is 0.586. The molecule has 144 valence electrons. The summed E-state index contributed by atoms with van der Waals surface area (Å²) in [7, 11) is -2.84. The predicted octanol–water partition coefficient (Wildman–Crippen LogP) is 1.56. The van der Waals surface area contributed by atoms with Crippen LogP contribution in [0.3, 0.4) is 0 Å². The highest BCUT2D eigenvalue weighted by atomic mass is 32.2. The number of hydrogen-bond acceptors (Lipinski definition) is 4. The summed E-state index contributed by atoms with van der Waals surface area (Å²) >= 11 is 0. The highest BCUT2D eigenvalue weighted by Crippen LogP contribution is 2.21. The standard InChI is InChI=1S/C19H30N4O2S/c1-3-20-19(21-12-16-9-11-26(24,25)14-16)22-17-8-10-23(13-17)18-6-4-15(2)5-7-18/h4-7,16-17H,3,8-14H2,1-2H3,(H2,20,21,22). The van der Waals surface area contributed by atoms with Gasteiger partial charge in [0.15, 0.2) is 15.8 Å². The Kier molecular flexibility index (Phi) is 6.06. The Balaban J connectivity index is 1.55. The fraction of sp³-hybridized carbons (Fsp3) is 0.632. The van der Waals surface area contributed by atoms with Gasteiger partial charge in [-0.3, -0.25) is 4.99 Å². The van der Waals surface area contributed by atoms with Crippen molar-refractivity contribution in [2.24, 2.45) is 10.9 Å². The van der Waals surface area contributed by atoms with Crippen molar-refractivity contribution < 1.29 is 8.42 Å². The second-order valence-corrected chi connectivity index (χ2v) is 9.63. The molecule has 1 aromatic rings. The summed E-state index contributed by atoms with van der Waals surface area (Å²) in [5, 5.41) is 6.81. The third-order valence-corrected chi connectivity index (χ3v) is 6.94. The monoisotopic (exact) mass is 378 g/mol. The molecule has 26 heavy (non-hydrogen) atoms. The van der Waals surface area contributed by atoms with E-state index < -0.39 is 9.84 Å². The fourth-order valence-corrected chi connectivity index (χ4v) is 5.47. The van der Waals surface area contributed by atoms with Crippen LogP contribution in [0.4, 0.5) is 5.69 Å². The highest BCUT2D eigenvalue weighted by Gasteiger charge is 2.28. The van der Waals surface area contributed by atoms with Gasteiger partial charge in [-0.05, 0) is 44.7 Å². The van der Waals surface area contributed by atoms with E-state index in [2.05, 4.69) is 51.7 Å². The van der Waals surface area contributed by atoms with Crippen LogP contribution in [0.2, 0.25) is 0 Å².